The summed E-state index contributed by atoms with van der Waals surface area (Å²) in [5.74, 6) is 0.0775. The van der Waals surface area contributed by atoms with Gasteiger partial charge in [0.2, 0.25) is 5.96 Å². The molecule has 4 nitrogen and oxygen atoms in total. The second-order valence-electron chi connectivity index (χ2n) is 2.38. The number of nitrogens with two attached hydrogens (primary N) is 1. The Bertz CT molecular complexity index is 184. The molecular formula is C6H12N4. The van der Waals surface area contributed by atoms with Crippen molar-refractivity contribution in [2.75, 3.05) is 13.6 Å². The Kier molecular flexibility index (Phi) is 1.63. The average Bonchev–Trinajstić information content (AvgIpc) is 2.11. The van der Waals surface area contributed by atoms with E-state index in [9.17, 15) is 0 Å². The van der Waals surface area contributed by atoms with E-state index in [4.69, 9.17) is 11.1 Å². The predicted octanol–water partition coefficient (Wildman–Crippen LogP) is -0.0539. The monoisotopic (exact) mass is 140 g/mol. The highest BCUT2D eigenvalue weighted by atomic mass is 15.7. The van der Waals surface area contributed by atoms with E-state index < -0.39 is 0 Å². The van der Waals surface area contributed by atoms with E-state index in [1.165, 1.54) is 0 Å². The van der Waals surface area contributed by atoms with Crippen molar-refractivity contribution in [2.24, 2.45) is 5.73 Å². The van der Waals surface area contributed by atoms with Gasteiger partial charge in [0.15, 0.2) is 0 Å². The van der Waals surface area contributed by atoms with Crippen LogP contribution in [0.25, 0.3) is 0 Å². The molecule has 1 aliphatic rings. The van der Waals surface area contributed by atoms with Gasteiger partial charge < -0.3 is 5.73 Å². The Morgan fingerprint density at radius 2 is 2.40 bits per heavy atom. The summed E-state index contributed by atoms with van der Waals surface area (Å²) in [6.45, 7) is 2.77. The maximum atomic E-state index is 7.17. The lowest BCUT2D eigenvalue weighted by Gasteiger charge is -2.25. The molecular weight excluding hydrogens is 128 g/mol. The van der Waals surface area contributed by atoms with E-state index in [1.807, 2.05) is 25.1 Å². The van der Waals surface area contributed by atoms with Crippen LogP contribution in [0.4, 0.5) is 0 Å². The molecule has 3 N–H and O–H groups in total. The zero-order valence-electron chi connectivity index (χ0n) is 6.26. The van der Waals surface area contributed by atoms with Gasteiger partial charge in [-0.3, -0.25) is 5.41 Å². The van der Waals surface area contributed by atoms with Crippen LogP contribution in [-0.4, -0.2) is 29.6 Å². The van der Waals surface area contributed by atoms with Crippen molar-refractivity contribution >= 4 is 5.96 Å². The topological polar surface area (TPSA) is 56.4 Å². The van der Waals surface area contributed by atoms with E-state index >= 15 is 0 Å². The molecule has 0 aliphatic carbocycles. The lowest BCUT2D eigenvalue weighted by Crippen LogP contribution is -2.42. The molecule has 0 saturated carbocycles. The summed E-state index contributed by atoms with van der Waals surface area (Å²) in [6, 6.07) is 0. The molecule has 0 spiro atoms. The molecule has 0 radical (unpaired) electrons. The molecule has 0 aromatic rings. The Labute approximate surface area is 60.4 Å². The van der Waals surface area contributed by atoms with Crippen molar-refractivity contribution < 1.29 is 0 Å². The fraction of sp³-hybridized carbons (Fsp3) is 0.500. The first-order chi connectivity index (χ1) is 4.63. The number of allylic oxidation sites excluding steroid dienone is 1. The highest BCUT2D eigenvalue weighted by Gasteiger charge is 2.18. The number of hydrogen-bond acceptors (Lipinski definition) is 2. The second kappa shape index (κ2) is 2.30. The van der Waals surface area contributed by atoms with Crippen molar-refractivity contribution in [3.8, 4) is 0 Å². The Morgan fingerprint density at radius 3 is 2.60 bits per heavy atom. The molecule has 0 aromatic heterocycles. The largest absolute Gasteiger partial charge is 0.369 e. The maximum absolute atomic E-state index is 7.17. The molecule has 1 heterocycles. The van der Waals surface area contributed by atoms with E-state index in [-0.39, 0.29) is 5.96 Å². The van der Waals surface area contributed by atoms with Gasteiger partial charge in [0.25, 0.3) is 0 Å². The molecule has 1 rings (SSSR count). The molecule has 0 aromatic carbocycles. The number of nitrogens with zero attached hydrogens (tertiary/aromatic N) is 2. The van der Waals surface area contributed by atoms with Crippen LogP contribution in [0.5, 0.6) is 0 Å². The molecule has 0 atom stereocenters. The standard InChI is InChI=1S/C6H12N4/c1-5-3-4-9(2)10(5)6(7)8/h3H,4H2,1-2H3,(H3,7,8). The predicted molar refractivity (Wildman–Crippen MR) is 40.1 cm³/mol. The first-order valence-electron chi connectivity index (χ1n) is 3.15. The SMILES string of the molecule is CC1=CCN(C)N1C(=N)N. The minimum atomic E-state index is 0.0775. The fourth-order valence-electron chi connectivity index (χ4n) is 1.08. The smallest absolute Gasteiger partial charge is 0.207 e. The fourth-order valence-corrected chi connectivity index (χ4v) is 1.08. The van der Waals surface area contributed by atoms with Gasteiger partial charge in [0.05, 0.1) is 0 Å². The van der Waals surface area contributed by atoms with Gasteiger partial charge in [-0.15, -0.1) is 0 Å². The van der Waals surface area contributed by atoms with Crippen molar-refractivity contribution in [1.82, 2.24) is 10.0 Å². The third-order valence-corrected chi connectivity index (χ3v) is 1.55. The Morgan fingerprint density at radius 1 is 1.80 bits per heavy atom. The van der Waals surface area contributed by atoms with Crippen molar-refractivity contribution in [1.29, 1.82) is 5.41 Å². The highest BCUT2D eigenvalue weighted by Crippen LogP contribution is 2.12. The molecule has 56 valence electrons. The molecule has 0 amide bonds. The van der Waals surface area contributed by atoms with Crippen LogP contribution in [0, 0.1) is 5.41 Å². The van der Waals surface area contributed by atoms with E-state index in [0.717, 1.165) is 12.2 Å². The zero-order valence-corrected chi connectivity index (χ0v) is 6.26. The maximum Gasteiger partial charge on any atom is 0.207 e. The lowest BCUT2D eigenvalue weighted by atomic mass is 10.4. The van der Waals surface area contributed by atoms with Crippen LogP contribution in [0.2, 0.25) is 0 Å². The summed E-state index contributed by atoms with van der Waals surface area (Å²) >= 11 is 0. The number of guanidine groups is 1. The van der Waals surface area contributed by atoms with E-state index in [1.54, 1.807) is 5.01 Å². The number of hydrogen-bond donors (Lipinski definition) is 2. The van der Waals surface area contributed by atoms with Crippen molar-refractivity contribution in [2.45, 2.75) is 6.92 Å². The lowest BCUT2D eigenvalue weighted by molar-refractivity contribution is 0.153. The Balaban J connectivity index is 2.74. The van der Waals surface area contributed by atoms with Crippen LogP contribution in [0.3, 0.4) is 0 Å². The molecule has 0 unspecified atom stereocenters. The Hall–Kier alpha value is -1.03. The van der Waals surface area contributed by atoms with Gasteiger partial charge in [-0.2, -0.15) is 0 Å². The van der Waals surface area contributed by atoms with Crippen LogP contribution in [-0.2, 0) is 0 Å². The second-order valence-corrected chi connectivity index (χ2v) is 2.38. The van der Waals surface area contributed by atoms with Crippen molar-refractivity contribution in [3.63, 3.8) is 0 Å². The summed E-state index contributed by atoms with van der Waals surface area (Å²) in [4.78, 5) is 0. The number of rotatable bonds is 0. The van der Waals surface area contributed by atoms with Crippen LogP contribution in [0.15, 0.2) is 11.8 Å². The van der Waals surface area contributed by atoms with Gasteiger partial charge in [-0.05, 0) is 13.0 Å². The summed E-state index contributed by atoms with van der Waals surface area (Å²) in [5.41, 5.74) is 6.33. The van der Waals surface area contributed by atoms with Gasteiger partial charge in [0.1, 0.15) is 0 Å². The van der Waals surface area contributed by atoms with Gasteiger partial charge >= 0.3 is 0 Å². The molecule has 4 heteroatoms. The van der Waals surface area contributed by atoms with Gasteiger partial charge in [-0.25, -0.2) is 10.0 Å². The zero-order chi connectivity index (χ0) is 7.72. The molecule has 0 bridgehead atoms. The summed E-state index contributed by atoms with van der Waals surface area (Å²) < 4.78 is 0. The summed E-state index contributed by atoms with van der Waals surface area (Å²) in [6.07, 6.45) is 2.03. The third-order valence-electron chi connectivity index (χ3n) is 1.55. The average molecular weight is 140 g/mol. The number of nitrogens with one attached hydrogen (secondary N) is 1. The molecule has 0 saturated heterocycles. The van der Waals surface area contributed by atoms with Crippen molar-refractivity contribution in [3.05, 3.63) is 11.8 Å². The first kappa shape index (κ1) is 7.08. The number of hydrazine groups is 1. The van der Waals surface area contributed by atoms with Crippen LogP contribution < -0.4 is 5.73 Å². The minimum absolute atomic E-state index is 0.0775. The minimum Gasteiger partial charge on any atom is -0.369 e. The highest BCUT2D eigenvalue weighted by molar-refractivity contribution is 5.76. The first-order valence-corrected chi connectivity index (χ1v) is 3.15. The molecule has 1 aliphatic heterocycles. The normalized spacial score (nSPS) is 19.4. The third kappa shape index (κ3) is 0.974. The van der Waals surface area contributed by atoms with Gasteiger partial charge in [0, 0.05) is 19.3 Å². The summed E-state index contributed by atoms with van der Waals surface area (Å²) in [5, 5.41) is 10.7. The number of likely N-dealkylation sites (N-methyl/N-ethyl adjacent to an activating group) is 1. The van der Waals surface area contributed by atoms with Crippen LogP contribution in [0.1, 0.15) is 6.92 Å². The van der Waals surface area contributed by atoms with Crippen LogP contribution >= 0.6 is 0 Å². The quantitative estimate of drug-likeness (QED) is 0.366. The van der Waals surface area contributed by atoms with Gasteiger partial charge in [-0.1, -0.05) is 0 Å². The molecule has 0 fully saturated rings. The molecule has 10 heavy (non-hydrogen) atoms. The summed E-state index contributed by atoms with van der Waals surface area (Å²) in [7, 11) is 1.90. The van der Waals surface area contributed by atoms with E-state index in [0.29, 0.717) is 0 Å². The van der Waals surface area contributed by atoms with E-state index in [2.05, 4.69) is 0 Å².